The molecule has 2 atom stereocenters. The third-order valence-corrected chi connectivity index (χ3v) is 8.56. The molecule has 49 heavy (non-hydrogen) atoms. The van der Waals surface area contributed by atoms with Gasteiger partial charge in [0.1, 0.15) is 5.75 Å². The van der Waals surface area contributed by atoms with Crippen molar-refractivity contribution in [2.45, 2.75) is 70.5 Å². The number of unbranched alkanes of at least 4 members (excludes halogenated alkanes) is 3. The summed E-state index contributed by atoms with van der Waals surface area (Å²) in [5.41, 5.74) is 3.61. The fourth-order valence-corrected chi connectivity index (χ4v) is 5.97. The number of nitrogens with zero attached hydrogens (tertiary/aromatic N) is 2. The molecular formula is C39H47N3O7. The summed E-state index contributed by atoms with van der Waals surface area (Å²) >= 11 is 0. The number of aromatic nitrogens is 2. The second-order valence-electron chi connectivity index (χ2n) is 12.7. The van der Waals surface area contributed by atoms with E-state index in [9.17, 15) is 20.1 Å². The molecule has 0 unspecified atom stereocenters. The van der Waals surface area contributed by atoms with Gasteiger partial charge in [-0.2, -0.15) is 0 Å². The smallest absolute Gasteiger partial charge is 0.333 e. The number of hydrogen-bond acceptors (Lipinski definition) is 8. The predicted octanol–water partition coefficient (Wildman–Crippen LogP) is 5.60. The number of ether oxygens (including phenoxy) is 3. The van der Waals surface area contributed by atoms with Crippen LogP contribution >= 0.6 is 0 Å². The molecule has 0 saturated heterocycles. The van der Waals surface area contributed by atoms with Crippen LogP contribution in [-0.4, -0.2) is 68.5 Å². The van der Waals surface area contributed by atoms with E-state index in [1.54, 1.807) is 18.2 Å². The van der Waals surface area contributed by atoms with Gasteiger partial charge in [-0.3, -0.25) is 4.90 Å². The zero-order valence-corrected chi connectivity index (χ0v) is 28.3. The summed E-state index contributed by atoms with van der Waals surface area (Å²) in [5, 5.41) is 31.7. The lowest BCUT2D eigenvalue weighted by atomic mass is 10.0. The Morgan fingerprint density at radius 3 is 2.59 bits per heavy atom. The number of nitrogens with one attached hydrogen (secondary N) is 1. The first-order valence-electron chi connectivity index (χ1n) is 16.9. The van der Waals surface area contributed by atoms with Crippen molar-refractivity contribution in [3.8, 4) is 29.2 Å². The van der Waals surface area contributed by atoms with Gasteiger partial charge in [0.25, 0.3) is 0 Å². The van der Waals surface area contributed by atoms with E-state index < -0.39 is 17.6 Å². The normalized spacial score (nSPS) is 14.8. The van der Waals surface area contributed by atoms with Crippen LogP contribution in [0.15, 0.2) is 83.8 Å². The Hall–Kier alpha value is -4.37. The van der Waals surface area contributed by atoms with Crippen molar-refractivity contribution in [2.75, 3.05) is 32.9 Å². The summed E-state index contributed by atoms with van der Waals surface area (Å²) in [4.78, 5) is 16.6. The minimum atomic E-state index is -0.740. The van der Waals surface area contributed by atoms with Crippen molar-refractivity contribution >= 4 is 0 Å². The van der Waals surface area contributed by atoms with Crippen molar-refractivity contribution in [1.29, 1.82) is 0 Å². The van der Waals surface area contributed by atoms with Crippen molar-refractivity contribution in [2.24, 2.45) is 0 Å². The average Bonchev–Trinajstić information content (AvgIpc) is 3.44. The van der Waals surface area contributed by atoms with Gasteiger partial charge < -0.3 is 34.5 Å². The summed E-state index contributed by atoms with van der Waals surface area (Å²) in [7, 11) is 0. The Bertz CT molecular complexity index is 1760. The van der Waals surface area contributed by atoms with Crippen molar-refractivity contribution in [3.05, 3.63) is 112 Å². The highest BCUT2D eigenvalue weighted by Gasteiger charge is 2.28. The van der Waals surface area contributed by atoms with Crippen molar-refractivity contribution in [1.82, 2.24) is 14.5 Å². The fraction of sp³-hybridized carbons (Fsp3) is 0.410. The number of aliphatic hydroxyl groups excluding tert-OH is 2. The summed E-state index contributed by atoms with van der Waals surface area (Å²) in [6.45, 7) is 6.45. The van der Waals surface area contributed by atoms with E-state index >= 15 is 0 Å². The molecule has 0 saturated carbocycles. The summed E-state index contributed by atoms with van der Waals surface area (Å²) < 4.78 is 18.7. The molecule has 0 fully saturated rings. The number of hydrogen-bond donors (Lipinski definition) is 4. The quantitative estimate of drug-likeness (QED) is 0.0896. The molecule has 0 amide bonds. The summed E-state index contributed by atoms with van der Waals surface area (Å²) in [6.07, 6.45) is 4.97. The molecule has 260 valence electrons. The second kappa shape index (κ2) is 17.3. The molecule has 0 aliphatic carbocycles. The first kappa shape index (κ1) is 35.9. The van der Waals surface area contributed by atoms with E-state index in [-0.39, 0.29) is 18.5 Å². The van der Waals surface area contributed by atoms with E-state index in [1.807, 2.05) is 68.4 Å². The minimum absolute atomic E-state index is 0.0453. The molecule has 1 aliphatic rings. The SMILES string of the molecule is CC1(C)OCc2cc([C@@H](O)CN(CCCCCCOCCC#Cc3cccc(-n4c(O)c[nH]c4=O)c3)[C@H](CO)c3ccccc3)ccc2O1. The number of H-pyrrole nitrogens is 1. The maximum atomic E-state index is 11.9. The van der Waals surface area contributed by atoms with Crippen LogP contribution in [0.4, 0.5) is 0 Å². The molecule has 3 aromatic carbocycles. The van der Waals surface area contributed by atoms with Gasteiger partial charge >= 0.3 is 5.69 Å². The van der Waals surface area contributed by atoms with Gasteiger partial charge in [0, 0.05) is 44.5 Å². The van der Waals surface area contributed by atoms with Crippen LogP contribution in [0, 0.1) is 11.8 Å². The molecular weight excluding hydrogens is 622 g/mol. The number of rotatable bonds is 16. The second-order valence-corrected chi connectivity index (χ2v) is 12.7. The zero-order valence-electron chi connectivity index (χ0n) is 28.3. The lowest BCUT2D eigenvalue weighted by Crippen LogP contribution is -2.36. The molecule has 4 aromatic rings. The van der Waals surface area contributed by atoms with E-state index in [1.165, 1.54) is 10.8 Å². The number of fused-ring (bicyclic) bond motifs is 1. The van der Waals surface area contributed by atoms with Crippen molar-refractivity contribution < 1.29 is 29.5 Å². The van der Waals surface area contributed by atoms with Gasteiger partial charge in [0.15, 0.2) is 0 Å². The molecule has 10 heteroatoms. The van der Waals surface area contributed by atoms with Gasteiger partial charge in [-0.25, -0.2) is 9.36 Å². The Balaban J connectivity index is 1.06. The standard InChI is InChI=1S/C39H47N3O7/c1-39(2)48-28-32-24-31(18-19-36(32)49-39)35(44)26-41(34(27-43)30-15-6-5-7-16-30)20-9-3-4-10-21-47-22-11-8-13-29-14-12-17-33(23-29)42-37(45)25-40-38(42)46/h5-7,12,14-19,23-25,34-35,43-45H,3-4,9-11,20-22,26-28H2,1-2H3,(H,40,46)/t34-,35+/m1/s1. The number of aromatic hydroxyl groups is 1. The van der Waals surface area contributed by atoms with Crippen LogP contribution in [0.5, 0.6) is 11.6 Å². The van der Waals surface area contributed by atoms with E-state index in [0.717, 1.165) is 60.2 Å². The van der Waals surface area contributed by atoms with E-state index in [2.05, 4.69) is 21.7 Å². The summed E-state index contributed by atoms with van der Waals surface area (Å²) in [5.74, 6) is 6.15. The van der Waals surface area contributed by atoms with Crippen molar-refractivity contribution in [3.63, 3.8) is 0 Å². The number of aromatic amines is 1. The fourth-order valence-electron chi connectivity index (χ4n) is 5.97. The number of benzene rings is 3. The largest absolute Gasteiger partial charge is 0.493 e. The third kappa shape index (κ3) is 10.1. The maximum absolute atomic E-state index is 11.9. The molecule has 5 rings (SSSR count). The van der Waals surface area contributed by atoms with Crippen LogP contribution < -0.4 is 10.4 Å². The molecule has 0 bridgehead atoms. The monoisotopic (exact) mass is 669 g/mol. The lowest BCUT2D eigenvalue weighted by molar-refractivity contribution is -0.180. The zero-order chi connectivity index (χ0) is 34.6. The molecule has 4 N–H and O–H groups in total. The third-order valence-electron chi connectivity index (χ3n) is 8.56. The highest BCUT2D eigenvalue weighted by Crippen LogP contribution is 2.34. The van der Waals surface area contributed by atoms with E-state index in [4.69, 9.17) is 14.2 Å². The Morgan fingerprint density at radius 2 is 1.82 bits per heavy atom. The Kier molecular flexibility index (Phi) is 12.7. The molecule has 2 heterocycles. The van der Waals surface area contributed by atoms with E-state index in [0.29, 0.717) is 38.5 Å². The van der Waals surface area contributed by atoms with Crippen LogP contribution in [0.1, 0.15) is 80.4 Å². The highest BCUT2D eigenvalue weighted by molar-refractivity contribution is 5.45. The molecule has 1 aromatic heterocycles. The maximum Gasteiger partial charge on any atom is 0.333 e. The Morgan fingerprint density at radius 1 is 1.00 bits per heavy atom. The van der Waals surface area contributed by atoms with Crippen LogP contribution in [0.3, 0.4) is 0 Å². The predicted molar refractivity (Wildman–Crippen MR) is 188 cm³/mol. The van der Waals surface area contributed by atoms with Gasteiger partial charge in [0.2, 0.25) is 11.7 Å². The first-order chi connectivity index (χ1) is 23.7. The first-order valence-corrected chi connectivity index (χ1v) is 16.9. The highest BCUT2D eigenvalue weighted by atomic mass is 16.7. The lowest BCUT2D eigenvalue weighted by Gasteiger charge is -2.34. The van der Waals surface area contributed by atoms with Crippen LogP contribution in [0.2, 0.25) is 0 Å². The molecule has 0 radical (unpaired) electrons. The topological polar surface area (TPSA) is 129 Å². The molecule has 0 spiro atoms. The van der Waals surface area contributed by atoms with Crippen LogP contribution in [0.25, 0.3) is 5.69 Å². The number of imidazole rings is 1. The van der Waals surface area contributed by atoms with Gasteiger partial charge in [-0.15, -0.1) is 0 Å². The van der Waals surface area contributed by atoms with Gasteiger partial charge in [-0.05, 0) is 60.8 Å². The average molecular weight is 670 g/mol. The summed E-state index contributed by atoms with van der Waals surface area (Å²) in [6, 6.07) is 22.6. The Labute approximate surface area is 287 Å². The molecule has 10 nitrogen and oxygen atoms in total. The van der Waals surface area contributed by atoms with Crippen LogP contribution in [-0.2, 0) is 16.1 Å². The molecule has 1 aliphatic heterocycles. The number of aliphatic hydroxyl groups is 2. The van der Waals surface area contributed by atoms with Gasteiger partial charge in [-0.1, -0.05) is 67.1 Å². The van der Waals surface area contributed by atoms with Gasteiger partial charge in [0.05, 0.1) is 43.9 Å². The minimum Gasteiger partial charge on any atom is -0.493 e.